The lowest BCUT2D eigenvalue weighted by Gasteiger charge is -2.10. The molecule has 0 atom stereocenters. The summed E-state index contributed by atoms with van der Waals surface area (Å²) in [5.41, 5.74) is 3.08. The molecule has 0 saturated heterocycles. The lowest BCUT2D eigenvalue weighted by Crippen LogP contribution is -2.22. The van der Waals surface area contributed by atoms with Gasteiger partial charge in [-0.15, -0.1) is 11.3 Å². The number of rotatable bonds is 6. The zero-order chi connectivity index (χ0) is 20.1. The lowest BCUT2D eigenvalue weighted by molar-refractivity contribution is -0.119. The summed E-state index contributed by atoms with van der Waals surface area (Å²) in [7, 11) is 0. The van der Waals surface area contributed by atoms with Crippen LogP contribution in [0.2, 0.25) is 0 Å². The molecule has 28 heavy (non-hydrogen) atoms. The highest BCUT2D eigenvalue weighted by Gasteiger charge is 2.20. The van der Waals surface area contributed by atoms with Gasteiger partial charge in [0.15, 0.2) is 6.61 Å². The van der Waals surface area contributed by atoms with E-state index in [1.807, 2.05) is 32.0 Å². The van der Waals surface area contributed by atoms with Gasteiger partial charge in [-0.2, -0.15) is 0 Å². The first-order valence-corrected chi connectivity index (χ1v) is 9.54. The van der Waals surface area contributed by atoms with Crippen LogP contribution in [0.1, 0.15) is 36.7 Å². The van der Waals surface area contributed by atoms with Gasteiger partial charge in [0.05, 0.1) is 10.4 Å². The lowest BCUT2D eigenvalue weighted by atomic mass is 10.0. The van der Waals surface area contributed by atoms with Crippen molar-refractivity contribution in [1.82, 2.24) is 0 Å². The largest absolute Gasteiger partial charge is 0.452 e. The fraction of sp³-hybridized carbons (Fsp3) is 0.136. The Balaban J connectivity index is 1.67. The predicted molar refractivity (Wildman–Crippen MR) is 109 cm³/mol. The van der Waals surface area contributed by atoms with Crippen molar-refractivity contribution in [3.05, 3.63) is 87.1 Å². The summed E-state index contributed by atoms with van der Waals surface area (Å²) in [6.45, 7) is 3.43. The number of carbonyl (C=O) groups excluding carboxylic acids is 3. The maximum Gasteiger partial charge on any atom is 0.339 e. The molecular formula is C22H19NO4S. The standard InChI is InChI=1S/C22H19NO4S/c1-14-10-15(2)12-16(11-14)23-20(24)13-27-22(26)18-7-4-3-6-17(18)21(25)19-8-5-9-28-19/h3-12H,13H2,1-2H3,(H,23,24). The van der Waals surface area contributed by atoms with E-state index >= 15 is 0 Å². The monoisotopic (exact) mass is 393 g/mol. The van der Waals surface area contributed by atoms with Gasteiger partial charge < -0.3 is 10.1 Å². The molecule has 1 aromatic heterocycles. The van der Waals surface area contributed by atoms with Crippen LogP contribution in [0.25, 0.3) is 0 Å². The number of nitrogens with one attached hydrogen (secondary N) is 1. The van der Waals surface area contributed by atoms with E-state index in [-0.39, 0.29) is 16.9 Å². The summed E-state index contributed by atoms with van der Waals surface area (Å²) in [4.78, 5) is 37.7. The van der Waals surface area contributed by atoms with Gasteiger partial charge in [-0.1, -0.05) is 30.3 Å². The van der Waals surface area contributed by atoms with Crippen molar-refractivity contribution in [3.8, 4) is 0 Å². The van der Waals surface area contributed by atoms with Crippen molar-refractivity contribution in [1.29, 1.82) is 0 Å². The van der Waals surface area contributed by atoms with Crippen molar-refractivity contribution in [3.63, 3.8) is 0 Å². The first-order chi connectivity index (χ1) is 13.4. The molecule has 0 unspecified atom stereocenters. The second kappa shape index (κ2) is 8.63. The molecule has 0 saturated carbocycles. The molecular weight excluding hydrogens is 374 g/mol. The smallest absolute Gasteiger partial charge is 0.339 e. The number of thiophene rings is 1. The number of carbonyl (C=O) groups is 3. The summed E-state index contributed by atoms with van der Waals surface area (Å²) >= 11 is 1.30. The van der Waals surface area contributed by atoms with Gasteiger partial charge in [-0.25, -0.2) is 4.79 Å². The van der Waals surface area contributed by atoms with E-state index in [1.54, 1.807) is 35.7 Å². The minimum Gasteiger partial charge on any atom is -0.452 e. The molecule has 6 heteroatoms. The minimum absolute atomic E-state index is 0.139. The molecule has 5 nitrogen and oxygen atoms in total. The van der Waals surface area contributed by atoms with Crippen LogP contribution in [0.15, 0.2) is 60.0 Å². The fourth-order valence-electron chi connectivity index (χ4n) is 2.85. The molecule has 1 N–H and O–H groups in total. The Morgan fingerprint density at radius 3 is 2.25 bits per heavy atom. The molecule has 2 aromatic carbocycles. The van der Waals surface area contributed by atoms with Crippen molar-refractivity contribution in [2.75, 3.05) is 11.9 Å². The van der Waals surface area contributed by atoms with Gasteiger partial charge in [-0.05, 0) is 54.6 Å². The number of hydrogen-bond donors (Lipinski definition) is 1. The molecule has 0 spiro atoms. The molecule has 0 radical (unpaired) electrons. The third-order valence-corrected chi connectivity index (χ3v) is 4.85. The third-order valence-electron chi connectivity index (χ3n) is 3.98. The van der Waals surface area contributed by atoms with Crippen LogP contribution < -0.4 is 5.32 Å². The highest BCUT2D eigenvalue weighted by Crippen LogP contribution is 2.19. The Hall–Kier alpha value is -3.25. The van der Waals surface area contributed by atoms with Gasteiger partial charge in [-0.3, -0.25) is 9.59 Å². The van der Waals surface area contributed by atoms with E-state index in [2.05, 4.69) is 5.32 Å². The zero-order valence-electron chi connectivity index (χ0n) is 15.5. The molecule has 3 aromatic rings. The van der Waals surface area contributed by atoms with E-state index in [0.717, 1.165) is 11.1 Å². The number of esters is 1. The topological polar surface area (TPSA) is 72.5 Å². The maximum absolute atomic E-state index is 12.6. The summed E-state index contributed by atoms with van der Waals surface area (Å²) < 4.78 is 5.13. The molecule has 0 aliphatic heterocycles. The number of hydrogen-bond acceptors (Lipinski definition) is 5. The van der Waals surface area contributed by atoms with Crippen molar-refractivity contribution in [2.24, 2.45) is 0 Å². The summed E-state index contributed by atoms with van der Waals surface area (Å²) in [6, 6.07) is 15.6. The minimum atomic E-state index is -0.712. The molecule has 1 heterocycles. The fourth-order valence-corrected chi connectivity index (χ4v) is 3.53. The van der Waals surface area contributed by atoms with Gasteiger partial charge in [0.2, 0.25) is 5.78 Å². The molecule has 3 rings (SSSR count). The number of amides is 1. The maximum atomic E-state index is 12.6. The summed E-state index contributed by atoms with van der Waals surface area (Å²) in [5, 5.41) is 4.51. The second-order valence-electron chi connectivity index (χ2n) is 6.35. The van der Waals surface area contributed by atoms with Crippen LogP contribution in [-0.2, 0) is 9.53 Å². The molecule has 0 aliphatic rings. The Morgan fingerprint density at radius 1 is 0.929 bits per heavy atom. The summed E-state index contributed by atoms with van der Waals surface area (Å²) in [6.07, 6.45) is 0. The van der Waals surface area contributed by atoms with Gasteiger partial charge in [0.25, 0.3) is 5.91 Å². The predicted octanol–water partition coefficient (Wildman–Crippen LogP) is 4.39. The molecule has 142 valence electrons. The first-order valence-electron chi connectivity index (χ1n) is 8.66. The van der Waals surface area contributed by atoms with Crippen LogP contribution in [-0.4, -0.2) is 24.3 Å². The van der Waals surface area contributed by atoms with E-state index < -0.39 is 18.5 Å². The molecule has 1 amide bonds. The Kier molecular flexibility index (Phi) is 6.01. The number of ketones is 1. The number of aryl methyl sites for hydroxylation is 2. The zero-order valence-corrected chi connectivity index (χ0v) is 16.3. The number of ether oxygens (including phenoxy) is 1. The SMILES string of the molecule is Cc1cc(C)cc(NC(=O)COC(=O)c2ccccc2C(=O)c2cccs2)c1. The third kappa shape index (κ3) is 4.72. The average Bonchev–Trinajstić information content (AvgIpc) is 3.19. The Morgan fingerprint density at radius 2 is 1.61 bits per heavy atom. The van der Waals surface area contributed by atoms with Crippen LogP contribution >= 0.6 is 11.3 Å². The van der Waals surface area contributed by atoms with E-state index in [0.29, 0.717) is 10.6 Å². The van der Waals surface area contributed by atoms with Gasteiger partial charge >= 0.3 is 5.97 Å². The van der Waals surface area contributed by atoms with Gasteiger partial charge in [0.1, 0.15) is 0 Å². The highest BCUT2D eigenvalue weighted by molar-refractivity contribution is 7.12. The van der Waals surface area contributed by atoms with Crippen molar-refractivity contribution in [2.45, 2.75) is 13.8 Å². The van der Waals surface area contributed by atoms with Crippen molar-refractivity contribution < 1.29 is 19.1 Å². The van der Waals surface area contributed by atoms with Crippen LogP contribution in [0.5, 0.6) is 0 Å². The number of anilines is 1. The van der Waals surface area contributed by atoms with Crippen LogP contribution in [0.4, 0.5) is 5.69 Å². The normalized spacial score (nSPS) is 10.4. The molecule has 0 fully saturated rings. The quantitative estimate of drug-likeness (QED) is 0.498. The van der Waals surface area contributed by atoms with E-state index in [1.165, 1.54) is 17.4 Å². The van der Waals surface area contributed by atoms with E-state index in [4.69, 9.17) is 4.74 Å². The number of benzene rings is 2. The van der Waals surface area contributed by atoms with Crippen LogP contribution in [0, 0.1) is 13.8 Å². The molecule has 0 bridgehead atoms. The first kappa shape index (κ1) is 19.5. The average molecular weight is 393 g/mol. The highest BCUT2D eigenvalue weighted by atomic mass is 32.1. The second-order valence-corrected chi connectivity index (χ2v) is 7.30. The van der Waals surface area contributed by atoms with Crippen LogP contribution in [0.3, 0.4) is 0 Å². The van der Waals surface area contributed by atoms with Crippen molar-refractivity contribution >= 4 is 34.7 Å². The Labute approximate surface area is 167 Å². The van der Waals surface area contributed by atoms with E-state index in [9.17, 15) is 14.4 Å². The molecule has 0 aliphatic carbocycles. The Bertz CT molecular complexity index is 1000. The summed E-state index contributed by atoms with van der Waals surface area (Å²) in [5.74, 6) is -1.40. The van der Waals surface area contributed by atoms with Gasteiger partial charge in [0, 0.05) is 11.3 Å².